The largest absolute Gasteiger partial charge is 0.498 e. The van der Waals surface area contributed by atoms with E-state index in [1.807, 2.05) is 6.08 Å². The zero-order chi connectivity index (χ0) is 15.6. The summed E-state index contributed by atoms with van der Waals surface area (Å²) < 4.78 is 11.4. The van der Waals surface area contributed by atoms with E-state index in [0.29, 0.717) is 19.0 Å². The Labute approximate surface area is 127 Å². The number of hydrogen-bond acceptors (Lipinski definition) is 3. The first-order valence-electron chi connectivity index (χ1n) is 8.03. The lowest BCUT2D eigenvalue weighted by molar-refractivity contribution is -0.160. The Morgan fingerprint density at radius 3 is 2.48 bits per heavy atom. The van der Waals surface area contributed by atoms with Gasteiger partial charge < -0.3 is 14.6 Å². The summed E-state index contributed by atoms with van der Waals surface area (Å²) in [5.74, 6) is -0.246. The Bertz CT molecular complexity index is 373. The van der Waals surface area contributed by atoms with Gasteiger partial charge in [-0.25, -0.2) is 4.79 Å². The second-order valence-electron chi connectivity index (χ2n) is 5.47. The summed E-state index contributed by atoms with van der Waals surface area (Å²) in [6, 6.07) is 0. The van der Waals surface area contributed by atoms with E-state index in [-0.39, 0.29) is 6.42 Å². The minimum absolute atomic E-state index is 0.275. The van der Waals surface area contributed by atoms with Crippen molar-refractivity contribution in [1.82, 2.24) is 0 Å². The number of ether oxygens (including phenoxy) is 2. The maximum atomic E-state index is 11.6. The predicted octanol–water partition coefficient (Wildman–Crippen LogP) is 4.07. The first-order chi connectivity index (χ1) is 10.1. The smallest absolute Gasteiger partial charge is 0.340 e. The molecule has 0 heterocycles. The van der Waals surface area contributed by atoms with Crippen LogP contribution in [0.5, 0.6) is 0 Å². The highest BCUT2D eigenvalue weighted by Crippen LogP contribution is 2.28. The topological polar surface area (TPSA) is 55.8 Å². The van der Waals surface area contributed by atoms with Gasteiger partial charge in [0.1, 0.15) is 0 Å². The van der Waals surface area contributed by atoms with E-state index in [0.717, 1.165) is 38.5 Å². The van der Waals surface area contributed by atoms with Crippen LogP contribution in [0.3, 0.4) is 0 Å². The molecule has 0 spiro atoms. The average molecular weight is 296 g/mol. The van der Waals surface area contributed by atoms with Gasteiger partial charge in [0.05, 0.1) is 12.4 Å². The van der Waals surface area contributed by atoms with Crippen LogP contribution in [0.25, 0.3) is 0 Å². The van der Waals surface area contributed by atoms with Crippen LogP contribution in [0, 0.1) is 0 Å². The van der Waals surface area contributed by atoms with Gasteiger partial charge in [0, 0.05) is 13.0 Å². The molecule has 0 aromatic heterocycles. The highest BCUT2D eigenvalue weighted by molar-refractivity contribution is 5.81. The molecule has 1 rings (SSSR count). The molecule has 1 atom stereocenters. The lowest BCUT2D eigenvalue weighted by Gasteiger charge is -2.29. The molecule has 0 aliphatic heterocycles. The molecule has 21 heavy (non-hydrogen) atoms. The van der Waals surface area contributed by atoms with E-state index >= 15 is 0 Å². The minimum Gasteiger partial charge on any atom is -0.498 e. The third-order valence-corrected chi connectivity index (χ3v) is 3.59. The van der Waals surface area contributed by atoms with Crippen LogP contribution in [0.15, 0.2) is 24.0 Å². The molecule has 4 heteroatoms. The molecule has 0 saturated carbocycles. The van der Waals surface area contributed by atoms with Crippen molar-refractivity contribution < 1.29 is 19.4 Å². The highest BCUT2D eigenvalue weighted by atomic mass is 16.5. The maximum Gasteiger partial charge on any atom is 0.340 e. The van der Waals surface area contributed by atoms with Gasteiger partial charge in [-0.1, -0.05) is 45.6 Å². The second kappa shape index (κ2) is 9.61. The summed E-state index contributed by atoms with van der Waals surface area (Å²) in [5.41, 5.74) is -1.26. The quantitative estimate of drug-likeness (QED) is 0.584. The van der Waals surface area contributed by atoms with E-state index in [4.69, 9.17) is 9.47 Å². The molecule has 0 amide bonds. The lowest BCUT2D eigenvalue weighted by atomic mass is 9.93. The van der Waals surface area contributed by atoms with Crippen LogP contribution in [0.2, 0.25) is 0 Å². The summed E-state index contributed by atoms with van der Waals surface area (Å²) in [6.45, 7) is 5.35. The van der Waals surface area contributed by atoms with E-state index in [1.165, 1.54) is 0 Å². The zero-order valence-corrected chi connectivity index (χ0v) is 13.3. The van der Waals surface area contributed by atoms with E-state index in [2.05, 4.69) is 13.8 Å². The lowest BCUT2D eigenvalue weighted by Crippen LogP contribution is -2.41. The number of hydrogen-bond donors (Lipinski definition) is 1. The van der Waals surface area contributed by atoms with Crippen molar-refractivity contribution in [3.05, 3.63) is 24.0 Å². The summed E-state index contributed by atoms with van der Waals surface area (Å²) in [6.07, 6.45) is 11.8. The molecule has 0 saturated heterocycles. The summed E-state index contributed by atoms with van der Waals surface area (Å²) in [7, 11) is 0. The number of rotatable bonds is 11. The van der Waals surface area contributed by atoms with Crippen LogP contribution in [0.1, 0.15) is 58.8 Å². The van der Waals surface area contributed by atoms with Gasteiger partial charge in [0.15, 0.2) is 5.60 Å². The standard InChI is InChI=1S/C17H28O4/c1-3-5-7-12-20-15-10-9-11-17(14-15,16(18)19)21-13-8-6-4-2/h9-11H,3-8,12-14H2,1-2H3,(H,18,19). The second-order valence-corrected chi connectivity index (χ2v) is 5.47. The van der Waals surface area contributed by atoms with Gasteiger partial charge in [0.2, 0.25) is 0 Å². The highest BCUT2D eigenvalue weighted by Gasteiger charge is 2.39. The van der Waals surface area contributed by atoms with Crippen LogP contribution >= 0.6 is 0 Å². The number of carbonyl (C=O) groups is 1. The first kappa shape index (κ1) is 17.8. The molecule has 0 fully saturated rings. The fraction of sp³-hybridized carbons (Fsp3) is 0.706. The Kier molecular flexibility index (Phi) is 8.13. The van der Waals surface area contributed by atoms with Crippen molar-refractivity contribution >= 4 is 5.97 Å². The van der Waals surface area contributed by atoms with Gasteiger partial charge in [-0.15, -0.1) is 0 Å². The number of aliphatic carboxylic acids is 1. The molecule has 0 bridgehead atoms. The molecular weight excluding hydrogens is 268 g/mol. The molecule has 1 aliphatic carbocycles. The molecule has 0 aromatic carbocycles. The van der Waals surface area contributed by atoms with Crippen LogP contribution < -0.4 is 0 Å². The first-order valence-corrected chi connectivity index (χ1v) is 8.03. The van der Waals surface area contributed by atoms with Crippen molar-refractivity contribution in [2.75, 3.05) is 13.2 Å². The molecular formula is C17H28O4. The fourth-order valence-corrected chi connectivity index (χ4v) is 2.26. The number of carboxylic acids is 1. The summed E-state index contributed by atoms with van der Waals surface area (Å²) in [4.78, 5) is 11.6. The van der Waals surface area contributed by atoms with Crippen LogP contribution in [-0.4, -0.2) is 29.9 Å². The Hall–Kier alpha value is -1.29. The minimum atomic E-state index is -1.26. The van der Waals surface area contributed by atoms with E-state index in [9.17, 15) is 9.90 Å². The van der Waals surface area contributed by atoms with Crippen molar-refractivity contribution in [2.24, 2.45) is 0 Å². The van der Waals surface area contributed by atoms with Gasteiger partial charge in [-0.3, -0.25) is 0 Å². The summed E-state index contributed by atoms with van der Waals surface area (Å²) >= 11 is 0. The average Bonchev–Trinajstić information content (AvgIpc) is 2.48. The fourth-order valence-electron chi connectivity index (χ4n) is 2.26. The third-order valence-electron chi connectivity index (χ3n) is 3.59. The van der Waals surface area contributed by atoms with Crippen LogP contribution in [-0.2, 0) is 14.3 Å². The Morgan fingerprint density at radius 2 is 1.86 bits per heavy atom. The number of carboxylic acid groups (broad SMARTS) is 1. The van der Waals surface area contributed by atoms with Crippen molar-refractivity contribution in [3.8, 4) is 0 Å². The maximum absolute atomic E-state index is 11.6. The van der Waals surface area contributed by atoms with Crippen LogP contribution in [0.4, 0.5) is 0 Å². The molecule has 1 unspecified atom stereocenters. The van der Waals surface area contributed by atoms with Gasteiger partial charge >= 0.3 is 5.97 Å². The molecule has 1 N–H and O–H groups in total. The monoisotopic (exact) mass is 296 g/mol. The Morgan fingerprint density at radius 1 is 1.19 bits per heavy atom. The zero-order valence-electron chi connectivity index (χ0n) is 13.3. The number of unbranched alkanes of at least 4 members (excludes halogenated alkanes) is 4. The molecule has 0 radical (unpaired) electrons. The molecule has 4 nitrogen and oxygen atoms in total. The van der Waals surface area contributed by atoms with Crippen molar-refractivity contribution in [1.29, 1.82) is 0 Å². The van der Waals surface area contributed by atoms with Gasteiger partial charge in [-0.2, -0.15) is 0 Å². The summed E-state index contributed by atoms with van der Waals surface area (Å²) in [5, 5.41) is 9.51. The molecule has 120 valence electrons. The van der Waals surface area contributed by atoms with E-state index < -0.39 is 11.6 Å². The van der Waals surface area contributed by atoms with Gasteiger partial charge in [-0.05, 0) is 25.0 Å². The molecule has 1 aliphatic rings. The predicted molar refractivity (Wildman–Crippen MR) is 83.2 cm³/mol. The molecule has 0 aromatic rings. The van der Waals surface area contributed by atoms with Crippen molar-refractivity contribution in [2.45, 2.75) is 64.4 Å². The number of allylic oxidation sites excluding steroid dienone is 2. The van der Waals surface area contributed by atoms with Gasteiger partial charge in [0.25, 0.3) is 0 Å². The van der Waals surface area contributed by atoms with E-state index in [1.54, 1.807) is 12.2 Å². The Balaban J connectivity index is 2.51. The van der Waals surface area contributed by atoms with Crippen molar-refractivity contribution in [3.63, 3.8) is 0 Å². The third kappa shape index (κ3) is 5.92. The normalized spacial score (nSPS) is 21.1. The SMILES string of the molecule is CCCCCOC1=CC=CC(OCCCCC)(C(=O)O)C1.